The molecule has 1 saturated heterocycles. The number of nitro groups is 1. The number of aromatic amines is 1. The van der Waals surface area contributed by atoms with Gasteiger partial charge in [-0.2, -0.15) is 4.39 Å². The lowest BCUT2D eigenvalue weighted by Crippen LogP contribution is -2.36. The number of ether oxygens (including phenoxy) is 1. The van der Waals surface area contributed by atoms with Crippen LogP contribution in [0.15, 0.2) is 24.5 Å². The van der Waals surface area contributed by atoms with Gasteiger partial charge in [-0.05, 0) is 18.8 Å². The Morgan fingerprint density at radius 3 is 2.76 bits per heavy atom. The van der Waals surface area contributed by atoms with Crippen molar-refractivity contribution in [2.24, 2.45) is 5.92 Å². The molecule has 2 heterocycles. The molecule has 1 atom stereocenters. The molecule has 0 bridgehead atoms. The summed E-state index contributed by atoms with van der Waals surface area (Å²) in [4.78, 5) is 19.3. The second-order valence-corrected chi connectivity index (χ2v) is 5.98. The number of nitrogens with zero attached hydrogens (tertiary/aromatic N) is 3. The van der Waals surface area contributed by atoms with Gasteiger partial charge in [-0.15, -0.1) is 0 Å². The number of aliphatic hydroxyl groups excluding tert-OH is 1. The van der Waals surface area contributed by atoms with E-state index in [2.05, 4.69) is 9.97 Å². The van der Waals surface area contributed by atoms with E-state index in [9.17, 15) is 19.6 Å². The third-order valence-corrected chi connectivity index (χ3v) is 4.56. The molecule has 0 unspecified atom stereocenters. The van der Waals surface area contributed by atoms with Gasteiger partial charge in [0.1, 0.15) is 23.4 Å². The van der Waals surface area contributed by atoms with Crippen LogP contribution < -0.4 is 9.64 Å². The smallest absolute Gasteiger partial charge is 0.328 e. The molecule has 134 valence electrons. The number of piperidine rings is 1. The number of benzene rings is 1. The number of nitro benzene ring substituents is 1. The molecule has 9 heteroatoms. The summed E-state index contributed by atoms with van der Waals surface area (Å²) in [6.07, 6.45) is 3.73. The van der Waals surface area contributed by atoms with Gasteiger partial charge in [-0.1, -0.05) is 0 Å². The van der Waals surface area contributed by atoms with E-state index in [1.54, 1.807) is 17.3 Å². The predicted octanol–water partition coefficient (Wildman–Crippen LogP) is 2.42. The minimum atomic E-state index is -0.919. The number of hydrogen-bond acceptors (Lipinski definition) is 6. The summed E-state index contributed by atoms with van der Waals surface area (Å²) < 4.78 is 19.1. The summed E-state index contributed by atoms with van der Waals surface area (Å²) in [5.41, 5.74) is -0.348. The van der Waals surface area contributed by atoms with E-state index in [-0.39, 0.29) is 17.4 Å². The number of methoxy groups -OCH3 is 1. The summed E-state index contributed by atoms with van der Waals surface area (Å²) in [6.45, 7) is 0.936. The minimum absolute atomic E-state index is 0.0167. The van der Waals surface area contributed by atoms with Crippen molar-refractivity contribution in [1.82, 2.24) is 9.97 Å². The highest BCUT2D eigenvalue weighted by molar-refractivity contribution is 5.66. The second-order valence-electron chi connectivity index (χ2n) is 5.98. The number of imidazole rings is 1. The number of hydrogen-bond donors (Lipinski definition) is 2. The average molecular weight is 350 g/mol. The molecule has 1 aromatic carbocycles. The first-order valence-electron chi connectivity index (χ1n) is 7.95. The minimum Gasteiger partial charge on any atom is -0.497 e. The summed E-state index contributed by atoms with van der Waals surface area (Å²) in [7, 11) is 1.39. The Labute approximate surface area is 143 Å². The summed E-state index contributed by atoms with van der Waals surface area (Å²) >= 11 is 0. The second kappa shape index (κ2) is 7.06. The normalized spacial score (nSPS) is 16.7. The Bertz CT molecular complexity index is 745. The van der Waals surface area contributed by atoms with E-state index in [1.165, 1.54) is 13.2 Å². The van der Waals surface area contributed by atoms with Crippen LogP contribution in [0.1, 0.15) is 24.8 Å². The van der Waals surface area contributed by atoms with Gasteiger partial charge in [-0.3, -0.25) is 10.1 Å². The van der Waals surface area contributed by atoms with Crippen LogP contribution in [0.4, 0.5) is 15.8 Å². The van der Waals surface area contributed by atoms with E-state index in [0.717, 1.165) is 6.07 Å². The topological polar surface area (TPSA) is 105 Å². The van der Waals surface area contributed by atoms with Crippen LogP contribution in [0.2, 0.25) is 0 Å². The number of halogens is 1. The van der Waals surface area contributed by atoms with Crippen molar-refractivity contribution in [1.29, 1.82) is 0 Å². The van der Waals surface area contributed by atoms with Crippen molar-refractivity contribution in [2.45, 2.75) is 18.9 Å². The maximum Gasteiger partial charge on any atom is 0.328 e. The number of aromatic nitrogens is 2. The van der Waals surface area contributed by atoms with Crippen molar-refractivity contribution in [3.05, 3.63) is 46.3 Å². The number of nitrogens with one attached hydrogen (secondary N) is 1. The van der Waals surface area contributed by atoms with Gasteiger partial charge in [-0.25, -0.2) is 4.98 Å². The molecule has 1 aliphatic rings. The van der Waals surface area contributed by atoms with Crippen molar-refractivity contribution in [2.75, 3.05) is 25.1 Å². The highest BCUT2D eigenvalue weighted by atomic mass is 19.1. The largest absolute Gasteiger partial charge is 0.497 e. The van der Waals surface area contributed by atoms with E-state index in [1.807, 2.05) is 0 Å². The molecule has 1 aliphatic heterocycles. The Morgan fingerprint density at radius 1 is 1.48 bits per heavy atom. The standard InChI is InChI=1S/C16H19FN4O4/c1-25-11-8-12(17)14(21(23)24)13(9-11)20-6-2-10(3-7-20)15(22)16-18-4-5-19-16/h4-5,8-10,15,22H,2-3,6-7H2,1H3,(H,18,19)/t15-/m0/s1. The van der Waals surface area contributed by atoms with Crippen LogP contribution in [-0.4, -0.2) is 40.2 Å². The quantitative estimate of drug-likeness (QED) is 0.634. The molecule has 0 saturated carbocycles. The van der Waals surface area contributed by atoms with Crippen LogP contribution in [0.25, 0.3) is 0 Å². The number of rotatable bonds is 5. The first-order chi connectivity index (χ1) is 12.0. The maximum atomic E-state index is 14.1. The fourth-order valence-electron chi connectivity index (χ4n) is 3.22. The molecule has 0 amide bonds. The van der Waals surface area contributed by atoms with Gasteiger partial charge in [0.2, 0.25) is 5.82 Å². The van der Waals surface area contributed by atoms with E-state index in [4.69, 9.17) is 4.74 Å². The van der Waals surface area contributed by atoms with E-state index in [0.29, 0.717) is 31.8 Å². The van der Waals surface area contributed by atoms with Gasteiger partial charge in [0.05, 0.1) is 12.0 Å². The van der Waals surface area contributed by atoms with Gasteiger partial charge >= 0.3 is 5.69 Å². The van der Waals surface area contributed by atoms with Crippen molar-refractivity contribution in [3.8, 4) is 5.75 Å². The van der Waals surface area contributed by atoms with Crippen LogP contribution in [0.5, 0.6) is 5.75 Å². The summed E-state index contributed by atoms with van der Waals surface area (Å²) in [5, 5.41) is 21.6. The van der Waals surface area contributed by atoms with E-state index < -0.39 is 22.5 Å². The van der Waals surface area contributed by atoms with Crippen LogP contribution in [-0.2, 0) is 0 Å². The molecular formula is C16H19FN4O4. The Hall–Kier alpha value is -2.68. The first kappa shape index (κ1) is 17.2. The highest BCUT2D eigenvalue weighted by Gasteiger charge is 2.32. The molecule has 25 heavy (non-hydrogen) atoms. The van der Waals surface area contributed by atoms with Crippen LogP contribution in [0, 0.1) is 21.8 Å². The monoisotopic (exact) mass is 350 g/mol. The molecule has 8 nitrogen and oxygen atoms in total. The molecule has 3 rings (SSSR count). The first-order valence-corrected chi connectivity index (χ1v) is 7.95. The lowest BCUT2D eigenvalue weighted by Gasteiger charge is -2.34. The molecule has 1 fully saturated rings. The Balaban J connectivity index is 1.78. The fourth-order valence-corrected chi connectivity index (χ4v) is 3.22. The molecule has 0 spiro atoms. The van der Waals surface area contributed by atoms with Crippen molar-refractivity contribution >= 4 is 11.4 Å². The summed E-state index contributed by atoms with van der Waals surface area (Å²) in [5.74, 6) is -0.193. The van der Waals surface area contributed by atoms with Gasteiger partial charge in [0.15, 0.2) is 0 Å². The highest BCUT2D eigenvalue weighted by Crippen LogP contribution is 2.38. The molecule has 0 aliphatic carbocycles. The van der Waals surface area contributed by atoms with Gasteiger partial charge in [0, 0.05) is 37.6 Å². The summed E-state index contributed by atoms with van der Waals surface area (Å²) in [6, 6.07) is 2.49. The molecule has 2 aromatic rings. The zero-order valence-electron chi connectivity index (χ0n) is 13.7. The third kappa shape index (κ3) is 3.41. The SMILES string of the molecule is COc1cc(F)c([N+](=O)[O-])c(N2CCC([C@H](O)c3ncc[nH]3)CC2)c1. The molecule has 1 aromatic heterocycles. The maximum absolute atomic E-state index is 14.1. The van der Waals surface area contributed by atoms with Crippen LogP contribution in [0.3, 0.4) is 0 Å². The van der Waals surface area contributed by atoms with Crippen molar-refractivity contribution in [3.63, 3.8) is 0 Å². The van der Waals surface area contributed by atoms with E-state index >= 15 is 0 Å². The zero-order chi connectivity index (χ0) is 18.0. The van der Waals surface area contributed by atoms with Gasteiger partial charge in [0.25, 0.3) is 0 Å². The Kier molecular flexibility index (Phi) is 4.84. The third-order valence-electron chi connectivity index (χ3n) is 4.56. The lowest BCUT2D eigenvalue weighted by atomic mass is 9.90. The molecule has 2 N–H and O–H groups in total. The van der Waals surface area contributed by atoms with Crippen LogP contribution >= 0.6 is 0 Å². The molecule has 0 radical (unpaired) electrons. The fraction of sp³-hybridized carbons (Fsp3) is 0.438. The molecular weight excluding hydrogens is 331 g/mol. The number of anilines is 1. The average Bonchev–Trinajstić information content (AvgIpc) is 3.14. The lowest BCUT2D eigenvalue weighted by molar-refractivity contribution is -0.386. The Morgan fingerprint density at radius 2 is 2.20 bits per heavy atom. The number of aliphatic hydroxyl groups is 1. The van der Waals surface area contributed by atoms with Crippen molar-refractivity contribution < 1.29 is 19.2 Å². The predicted molar refractivity (Wildman–Crippen MR) is 88.1 cm³/mol. The number of H-pyrrole nitrogens is 1. The van der Waals surface area contributed by atoms with Gasteiger partial charge < -0.3 is 19.7 Å². The zero-order valence-corrected chi connectivity index (χ0v) is 13.7.